The first-order valence-corrected chi connectivity index (χ1v) is 11.0. The second-order valence-electron chi connectivity index (χ2n) is 5.71. The van der Waals surface area contributed by atoms with E-state index in [1.165, 1.54) is 11.9 Å². The number of hydrogen-bond acceptors (Lipinski definition) is 4. The lowest BCUT2D eigenvalue weighted by molar-refractivity contribution is -0.129. The summed E-state index contributed by atoms with van der Waals surface area (Å²) in [6, 6.07) is 12.4. The van der Waals surface area contributed by atoms with Gasteiger partial charge in [0.2, 0.25) is 0 Å². The van der Waals surface area contributed by atoms with Crippen molar-refractivity contribution < 1.29 is 9.90 Å². The van der Waals surface area contributed by atoms with Crippen molar-refractivity contribution in [1.29, 1.82) is 0 Å². The van der Waals surface area contributed by atoms with Gasteiger partial charge in [0.1, 0.15) is 12.4 Å². The molecule has 0 saturated carbocycles. The standard InChI is InChI=1S/C19H14Cl3N3O2.2C2H6/c1-11(19(26)27)24-25-10-23-17(13-7-6-12(20)8-16(13)22)9-18(25)14-4-2-3-5-15(14)21;2*1-2/h2-9H,10H2,1H3,(H,26,27);2*1-2H3/b24-11+;;. The maximum Gasteiger partial charge on any atom is 0.351 e. The van der Waals surface area contributed by atoms with Crippen molar-refractivity contribution in [1.82, 2.24) is 5.01 Å². The van der Waals surface area contributed by atoms with E-state index in [1.54, 1.807) is 30.3 Å². The number of hydrogen-bond donors (Lipinski definition) is 1. The van der Waals surface area contributed by atoms with Crippen LogP contribution in [-0.2, 0) is 4.79 Å². The molecule has 0 saturated heterocycles. The number of hydrazone groups is 1. The number of carbonyl (C=O) groups is 1. The van der Waals surface area contributed by atoms with Crippen molar-refractivity contribution in [2.75, 3.05) is 6.67 Å². The Morgan fingerprint density at radius 2 is 1.65 bits per heavy atom. The van der Waals surface area contributed by atoms with E-state index < -0.39 is 5.97 Å². The second-order valence-corrected chi connectivity index (χ2v) is 6.96. The lowest BCUT2D eigenvalue weighted by Crippen LogP contribution is -2.25. The molecule has 3 rings (SSSR count). The van der Waals surface area contributed by atoms with Crippen LogP contribution in [0.25, 0.3) is 5.70 Å². The molecule has 0 aliphatic carbocycles. The summed E-state index contributed by atoms with van der Waals surface area (Å²) >= 11 is 18.6. The first-order valence-electron chi connectivity index (χ1n) is 9.89. The summed E-state index contributed by atoms with van der Waals surface area (Å²) in [5.74, 6) is -1.11. The van der Waals surface area contributed by atoms with Gasteiger partial charge in [-0.25, -0.2) is 9.80 Å². The maximum atomic E-state index is 11.2. The van der Waals surface area contributed by atoms with Gasteiger partial charge in [0.05, 0.1) is 16.4 Å². The zero-order valence-corrected chi connectivity index (χ0v) is 20.4. The van der Waals surface area contributed by atoms with Crippen molar-refractivity contribution in [3.05, 3.63) is 74.7 Å². The maximum absolute atomic E-state index is 11.2. The second kappa shape index (κ2) is 13.2. The topological polar surface area (TPSA) is 65.3 Å². The summed E-state index contributed by atoms with van der Waals surface area (Å²) in [4.78, 5) is 15.7. The molecule has 0 spiro atoms. The Morgan fingerprint density at radius 3 is 2.23 bits per heavy atom. The SMILES string of the molecule is C/C(=N\N1CN=C(c2ccc(Cl)cc2Cl)C=C1c1ccccc1Cl)C(=O)O.CC.CC. The number of aliphatic carboxylic acids is 1. The summed E-state index contributed by atoms with van der Waals surface area (Å²) in [7, 11) is 0. The molecule has 2 aromatic carbocycles. The quantitative estimate of drug-likeness (QED) is 0.466. The fraction of sp³-hybridized carbons (Fsp3) is 0.261. The van der Waals surface area contributed by atoms with Crippen LogP contribution in [-0.4, -0.2) is 34.2 Å². The average molecular weight is 483 g/mol. The molecule has 0 radical (unpaired) electrons. The molecule has 0 atom stereocenters. The Bertz CT molecular complexity index is 1000. The lowest BCUT2D eigenvalue weighted by Gasteiger charge is -2.26. The van der Waals surface area contributed by atoms with Crippen LogP contribution in [0.3, 0.4) is 0 Å². The van der Waals surface area contributed by atoms with E-state index in [1.807, 2.05) is 45.9 Å². The highest BCUT2D eigenvalue weighted by Gasteiger charge is 2.21. The molecule has 5 nitrogen and oxygen atoms in total. The van der Waals surface area contributed by atoms with Crippen molar-refractivity contribution in [3.63, 3.8) is 0 Å². The van der Waals surface area contributed by atoms with Crippen molar-refractivity contribution >= 4 is 57.9 Å². The van der Waals surface area contributed by atoms with E-state index >= 15 is 0 Å². The highest BCUT2D eigenvalue weighted by atomic mass is 35.5. The predicted octanol–water partition coefficient (Wildman–Crippen LogP) is 7.26. The molecule has 1 aliphatic heterocycles. The number of nitrogens with zero attached hydrogens (tertiary/aromatic N) is 3. The van der Waals surface area contributed by atoms with E-state index in [-0.39, 0.29) is 12.4 Å². The van der Waals surface area contributed by atoms with E-state index in [0.29, 0.717) is 37.6 Å². The van der Waals surface area contributed by atoms with Crippen LogP contribution in [0, 0.1) is 0 Å². The lowest BCUT2D eigenvalue weighted by atomic mass is 10.0. The highest BCUT2D eigenvalue weighted by molar-refractivity contribution is 6.38. The first-order chi connectivity index (χ1) is 14.9. The molecule has 1 heterocycles. The first kappa shape index (κ1) is 26.7. The minimum absolute atomic E-state index is 0.0591. The normalized spacial score (nSPS) is 13.2. The van der Waals surface area contributed by atoms with E-state index in [4.69, 9.17) is 39.9 Å². The third-order valence-electron chi connectivity index (χ3n) is 3.86. The fourth-order valence-electron chi connectivity index (χ4n) is 2.52. The van der Waals surface area contributed by atoms with Gasteiger partial charge in [-0.2, -0.15) is 5.10 Å². The van der Waals surface area contributed by atoms with Crippen molar-refractivity contribution in [2.24, 2.45) is 10.1 Å². The zero-order chi connectivity index (χ0) is 23.6. The molecule has 0 amide bonds. The number of aliphatic imine (C=N–C) groups is 1. The Kier molecular flexibility index (Phi) is 11.3. The number of carboxylic acid groups (broad SMARTS) is 1. The Hall–Kier alpha value is -2.34. The van der Waals surface area contributed by atoms with Gasteiger partial charge in [-0.05, 0) is 37.3 Å². The van der Waals surface area contributed by atoms with Gasteiger partial charge in [0.15, 0.2) is 0 Å². The van der Waals surface area contributed by atoms with E-state index in [9.17, 15) is 4.79 Å². The summed E-state index contributed by atoms with van der Waals surface area (Å²) < 4.78 is 0. The molecule has 0 aromatic heterocycles. The summed E-state index contributed by atoms with van der Waals surface area (Å²) in [5.41, 5.74) is 2.61. The van der Waals surface area contributed by atoms with Crippen LogP contribution in [0.2, 0.25) is 15.1 Å². The molecule has 1 N–H and O–H groups in total. The monoisotopic (exact) mass is 481 g/mol. The van der Waals surface area contributed by atoms with Gasteiger partial charge in [-0.3, -0.25) is 4.99 Å². The Labute approximate surface area is 198 Å². The Morgan fingerprint density at radius 1 is 1.00 bits per heavy atom. The van der Waals surface area contributed by atoms with E-state index in [2.05, 4.69) is 10.1 Å². The van der Waals surface area contributed by atoms with E-state index in [0.717, 1.165) is 0 Å². The number of halogens is 3. The predicted molar refractivity (Wildman–Crippen MR) is 133 cm³/mol. The summed E-state index contributed by atoms with van der Waals surface area (Å²) in [6.07, 6.45) is 1.78. The van der Waals surface area contributed by atoms with Crippen LogP contribution >= 0.6 is 34.8 Å². The van der Waals surface area contributed by atoms with Gasteiger partial charge < -0.3 is 5.11 Å². The van der Waals surface area contributed by atoms with Gasteiger partial charge in [0.25, 0.3) is 0 Å². The molecule has 1 aliphatic rings. The Balaban J connectivity index is 0.00000113. The largest absolute Gasteiger partial charge is 0.477 e. The van der Waals surface area contributed by atoms with Crippen LogP contribution in [0.4, 0.5) is 0 Å². The highest BCUT2D eigenvalue weighted by Crippen LogP contribution is 2.31. The third kappa shape index (κ3) is 7.10. The molecule has 8 heteroatoms. The number of carboxylic acids is 1. The minimum atomic E-state index is -1.11. The number of allylic oxidation sites excluding steroid dienone is 1. The molecule has 0 fully saturated rings. The average Bonchev–Trinajstić information content (AvgIpc) is 2.77. The summed E-state index contributed by atoms with van der Waals surface area (Å²) in [5, 5.41) is 16.3. The number of benzene rings is 2. The van der Waals surface area contributed by atoms with Crippen LogP contribution in [0.1, 0.15) is 45.7 Å². The van der Waals surface area contributed by atoms with Crippen LogP contribution < -0.4 is 0 Å². The van der Waals surface area contributed by atoms with Crippen LogP contribution in [0.5, 0.6) is 0 Å². The molecular weight excluding hydrogens is 457 g/mol. The summed E-state index contributed by atoms with van der Waals surface area (Å²) in [6.45, 7) is 9.54. The van der Waals surface area contributed by atoms with Crippen molar-refractivity contribution in [2.45, 2.75) is 34.6 Å². The third-order valence-corrected chi connectivity index (χ3v) is 4.74. The molecular formula is C23H26Cl3N3O2. The molecule has 0 unspecified atom stereocenters. The fourth-order valence-corrected chi connectivity index (χ4v) is 3.26. The molecule has 2 aromatic rings. The molecule has 0 bridgehead atoms. The van der Waals surface area contributed by atoms with Gasteiger partial charge >= 0.3 is 5.97 Å². The molecule has 31 heavy (non-hydrogen) atoms. The number of rotatable bonds is 4. The van der Waals surface area contributed by atoms with Gasteiger partial charge in [-0.1, -0.05) is 80.7 Å². The minimum Gasteiger partial charge on any atom is -0.477 e. The van der Waals surface area contributed by atoms with Gasteiger partial charge in [-0.15, -0.1) is 0 Å². The zero-order valence-electron chi connectivity index (χ0n) is 18.2. The van der Waals surface area contributed by atoms with Crippen molar-refractivity contribution in [3.8, 4) is 0 Å². The van der Waals surface area contributed by atoms with Crippen LogP contribution in [0.15, 0.2) is 58.6 Å². The smallest absolute Gasteiger partial charge is 0.351 e. The molecule has 166 valence electrons. The van der Waals surface area contributed by atoms with Gasteiger partial charge in [0, 0.05) is 21.2 Å².